The molecule has 1 aliphatic carbocycles. The number of rotatable bonds is 21. The number of oxime groups is 1. The van der Waals surface area contributed by atoms with Gasteiger partial charge in [0.2, 0.25) is 8.32 Å². The van der Waals surface area contributed by atoms with E-state index in [9.17, 15) is 4.79 Å². The summed E-state index contributed by atoms with van der Waals surface area (Å²) in [5.74, 6) is 0.972. The molecule has 0 N–H and O–H groups in total. The maximum Gasteiger partial charge on any atom is 0.292 e. The Labute approximate surface area is 251 Å². The minimum absolute atomic E-state index is 0.0200. The molecule has 1 rings (SSSR count). The zero-order valence-corrected chi connectivity index (χ0v) is 31.2. The van der Waals surface area contributed by atoms with Crippen molar-refractivity contribution < 1.29 is 22.9 Å². The summed E-state index contributed by atoms with van der Waals surface area (Å²) in [4.78, 5) is 17.6. The third-order valence-corrected chi connectivity index (χ3v) is 10.1. The van der Waals surface area contributed by atoms with E-state index >= 15 is 0 Å². The van der Waals surface area contributed by atoms with E-state index in [-0.39, 0.29) is 18.2 Å². The average molecular weight is 616 g/mol. The molecule has 40 heavy (non-hydrogen) atoms. The molecule has 1 fully saturated rings. The summed E-state index contributed by atoms with van der Waals surface area (Å²) in [6, 6.07) is 0. The van der Waals surface area contributed by atoms with Gasteiger partial charge in [0.25, 0.3) is 5.97 Å². The van der Waals surface area contributed by atoms with Crippen LogP contribution in [0.1, 0.15) is 97.3 Å². The average Bonchev–Trinajstić information content (AvgIpc) is 3.08. The van der Waals surface area contributed by atoms with Crippen LogP contribution in [0.3, 0.4) is 0 Å². The van der Waals surface area contributed by atoms with Crippen LogP contribution in [0.4, 0.5) is 0 Å². The normalized spacial score (nSPS) is 22.5. The molecule has 0 radical (unpaired) electrons. The number of carbonyl (C=O) groups is 1. The lowest BCUT2D eigenvalue weighted by atomic mass is 9.84. The van der Waals surface area contributed by atoms with Crippen molar-refractivity contribution in [1.29, 1.82) is 0 Å². The van der Waals surface area contributed by atoms with Crippen molar-refractivity contribution in [2.24, 2.45) is 17.0 Å². The van der Waals surface area contributed by atoms with E-state index in [4.69, 9.17) is 18.1 Å². The quantitative estimate of drug-likeness (QED) is 0.0557. The van der Waals surface area contributed by atoms with Gasteiger partial charge in [-0.1, -0.05) is 44.2 Å². The molecule has 0 amide bonds. The largest absolute Gasteiger partial charge is 0.520 e. The Hall–Kier alpha value is -0.489. The smallest absolute Gasteiger partial charge is 0.292 e. The fraction of sp³-hybridized carbons (Fsp3) is 0.935. The van der Waals surface area contributed by atoms with E-state index in [1.807, 2.05) is 6.92 Å². The molecular formula is C31H65NO5Si3. The number of nitrogens with zero attached hydrogens (tertiary/aromatic N) is 1. The highest BCUT2D eigenvalue weighted by Crippen LogP contribution is 2.44. The Morgan fingerprint density at radius 3 is 1.75 bits per heavy atom. The molecule has 0 unspecified atom stereocenters. The van der Waals surface area contributed by atoms with Gasteiger partial charge in [-0.2, -0.15) is 0 Å². The van der Waals surface area contributed by atoms with Crippen molar-refractivity contribution in [2.75, 3.05) is 6.61 Å². The summed E-state index contributed by atoms with van der Waals surface area (Å²) in [5.41, 5.74) is 1.21. The molecule has 1 aliphatic rings. The van der Waals surface area contributed by atoms with Gasteiger partial charge in [0, 0.05) is 6.42 Å². The molecule has 6 nitrogen and oxygen atoms in total. The van der Waals surface area contributed by atoms with E-state index in [2.05, 4.69) is 71.0 Å². The Morgan fingerprint density at radius 1 is 0.675 bits per heavy atom. The summed E-state index contributed by atoms with van der Waals surface area (Å²) in [6.45, 7) is 24.9. The number of hydrogen-bond donors (Lipinski definition) is 0. The SMILES string of the molecule is CCCCC/C(CC[C@@H]1[C@@H](CCCCCCC(=O)O[Si](C)(C)C)[C@@H](O[Si](C)(C)C)C[C@H]1O[Si](C)(C)C)=N/OCC. The van der Waals surface area contributed by atoms with Gasteiger partial charge < -0.3 is 18.1 Å². The van der Waals surface area contributed by atoms with E-state index in [1.54, 1.807) is 0 Å². The van der Waals surface area contributed by atoms with Crippen molar-refractivity contribution in [3.8, 4) is 0 Å². The maximum absolute atomic E-state index is 12.1. The van der Waals surface area contributed by atoms with Crippen LogP contribution < -0.4 is 0 Å². The van der Waals surface area contributed by atoms with E-state index in [1.165, 1.54) is 37.8 Å². The van der Waals surface area contributed by atoms with Gasteiger partial charge in [0.1, 0.15) is 6.61 Å². The molecule has 0 aromatic carbocycles. The van der Waals surface area contributed by atoms with Gasteiger partial charge in [-0.3, -0.25) is 4.79 Å². The number of unbranched alkanes of at least 4 members (excludes halogenated alkanes) is 5. The third kappa shape index (κ3) is 17.5. The minimum Gasteiger partial charge on any atom is -0.520 e. The molecule has 0 aromatic heterocycles. The van der Waals surface area contributed by atoms with Gasteiger partial charge in [0.05, 0.1) is 17.9 Å². The second-order valence-electron chi connectivity index (χ2n) is 14.7. The highest BCUT2D eigenvalue weighted by atomic mass is 28.4. The molecule has 0 spiro atoms. The third-order valence-electron chi connectivity index (χ3n) is 7.23. The highest BCUT2D eigenvalue weighted by molar-refractivity contribution is 6.71. The van der Waals surface area contributed by atoms with E-state index in [0.717, 1.165) is 44.9 Å². The van der Waals surface area contributed by atoms with Crippen LogP contribution in [-0.2, 0) is 22.9 Å². The fourth-order valence-electron chi connectivity index (χ4n) is 5.79. The molecule has 0 bridgehead atoms. The predicted molar refractivity (Wildman–Crippen MR) is 178 cm³/mol. The van der Waals surface area contributed by atoms with Gasteiger partial charge in [-0.05, 0) is 123 Å². The molecule has 9 heteroatoms. The predicted octanol–water partition coefficient (Wildman–Crippen LogP) is 9.53. The van der Waals surface area contributed by atoms with Gasteiger partial charge >= 0.3 is 0 Å². The van der Waals surface area contributed by atoms with Crippen LogP contribution in [0.2, 0.25) is 58.9 Å². The standard InChI is InChI=1S/C31H65NO5Si3/c1-12-14-17-20-26(32-34-13-2)23-24-28-27(21-18-15-16-19-22-31(33)37-40(9,10)11)29(35-38(3,4)5)25-30(28)36-39(6,7)8/h27-30H,12-25H2,1-11H3/b32-26-/t27-,28-,29+,30-/m1/s1. The van der Waals surface area contributed by atoms with Crippen molar-refractivity contribution in [3.05, 3.63) is 0 Å². The molecule has 0 saturated heterocycles. The summed E-state index contributed by atoms with van der Waals surface area (Å²) in [5, 5.41) is 4.54. The van der Waals surface area contributed by atoms with Crippen LogP contribution in [0.25, 0.3) is 0 Å². The first-order valence-corrected chi connectivity index (χ1v) is 26.5. The molecule has 4 atom stereocenters. The van der Waals surface area contributed by atoms with Crippen molar-refractivity contribution in [1.82, 2.24) is 0 Å². The lowest BCUT2D eigenvalue weighted by Gasteiger charge is -2.32. The summed E-state index contributed by atoms with van der Waals surface area (Å²) >= 11 is 0. The minimum atomic E-state index is -1.79. The Kier molecular flexibility index (Phi) is 17.1. The van der Waals surface area contributed by atoms with Gasteiger partial charge in [-0.25, -0.2) is 0 Å². The van der Waals surface area contributed by atoms with Crippen LogP contribution in [0.5, 0.6) is 0 Å². The van der Waals surface area contributed by atoms with Crippen LogP contribution in [0.15, 0.2) is 5.16 Å². The van der Waals surface area contributed by atoms with Crippen molar-refractivity contribution >= 4 is 36.6 Å². The first-order valence-electron chi connectivity index (χ1n) is 16.3. The second kappa shape index (κ2) is 18.2. The molecule has 236 valence electrons. The molecule has 0 aromatic rings. The zero-order valence-electron chi connectivity index (χ0n) is 28.2. The summed E-state index contributed by atoms with van der Waals surface area (Å²) < 4.78 is 19.3. The molecule has 1 saturated carbocycles. The first kappa shape index (κ1) is 37.5. The van der Waals surface area contributed by atoms with Crippen LogP contribution >= 0.6 is 0 Å². The van der Waals surface area contributed by atoms with E-state index < -0.39 is 25.0 Å². The fourth-order valence-corrected chi connectivity index (χ4v) is 8.93. The topological polar surface area (TPSA) is 66.4 Å². The molecule has 0 aliphatic heterocycles. The van der Waals surface area contributed by atoms with E-state index in [0.29, 0.717) is 24.9 Å². The highest BCUT2D eigenvalue weighted by Gasteiger charge is 2.46. The van der Waals surface area contributed by atoms with Crippen LogP contribution in [-0.4, -0.2) is 55.4 Å². The zero-order chi connectivity index (χ0) is 30.4. The van der Waals surface area contributed by atoms with Crippen LogP contribution in [0, 0.1) is 11.8 Å². The lowest BCUT2D eigenvalue weighted by Crippen LogP contribution is -2.35. The monoisotopic (exact) mass is 615 g/mol. The first-order chi connectivity index (χ1) is 18.5. The Bertz CT molecular complexity index is 743. The van der Waals surface area contributed by atoms with Gasteiger partial charge in [0.15, 0.2) is 16.6 Å². The molecule has 0 heterocycles. The summed E-state index contributed by atoms with van der Waals surface area (Å²) in [6.07, 6.45) is 14.3. The number of carbonyl (C=O) groups excluding carboxylic acids is 1. The van der Waals surface area contributed by atoms with Crippen molar-refractivity contribution in [2.45, 2.75) is 168 Å². The Morgan fingerprint density at radius 2 is 1.23 bits per heavy atom. The molecular weight excluding hydrogens is 551 g/mol. The maximum atomic E-state index is 12.1. The Balaban J connectivity index is 2.92. The number of hydrogen-bond acceptors (Lipinski definition) is 6. The van der Waals surface area contributed by atoms with Gasteiger partial charge in [-0.15, -0.1) is 0 Å². The van der Waals surface area contributed by atoms with Crippen molar-refractivity contribution in [3.63, 3.8) is 0 Å². The second-order valence-corrected chi connectivity index (χ2v) is 28.1. The lowest BCUT2D eigenvalue weighted by molar-refractivity contribution is -0.135. The summed E-state index contributed by atoms with van der Waals surface area (Å²) in [7, 11) is -5.19.